The molecule has 1 aromatic rings. The molecule has 0 aromatic heterocycles. The number of hydrogen-bond acceptors (Lipinski definition) is 3. The summed E-state index contributed by atoms with van der Waals surface area (Å²) in [6.45, 7) is 2.54. The largest absolute Gasteiger partial charge is 0.368 e. The third-order valence-corrected chi connectivity index (χ3v) is 3.46. The Hall–Kier alpha value is -1.55. The first kappa shape index (κ1) is 12.9. The minimum atomic E-state index is -0.243. The minimum Gasteiger partial charge on any atom is -0.368 e. The second-order valence-corrected chi connectivity index (χ2v) is 4.84. The normalized spacial score (nSPS) is 16.3. The number of nitrogens with zero attached hydrogens (tertiary/aromatic N) is 1. The predicted octanol–water partition coefficient (Wildman–Crippen LogP) is 1.38. The maximum atomic E-state index is 11.6. The van der Waals surface area contributed by atoms with Crippen molar-refractivity contribution in [3.8, 4) is 0 Å². The summed E-state index contributed by atoms with van der Waals surface area (Å²) in [6.07, 6.45) is 3.02. The van der Waals surface area contributed by atoms with Gasteiger partial charge in [-0.05, 0) is 37.0 Å². The Bertz CT molecular complexity index is 412. The van der Waals surface area contributed by atoms with Crippen molar-refractivity contribution in [2.75, 3.05) is 4.90 Å². The molecule has 1 aliphatic rings. The first-order valence-electron chi connectivity index (χ1n) is 6.54. The van der Waals surface area contributed by atoms with Gasteiger partial charge in [0, 0.05) is 18.3 Å². The predicted molar refractivity (Wildman–Crippen MR) is 73.1 cm³/mol. The molecule has 1 unspecified atom stereocenters. The molecular weight excluding hydrogens is 226 g/mol. The Morgan fingerprint density at radius 1 is 1.39 bits per heavy atom. The number of benzene rings is 1. The van der Waals surface area contributed by atoms with Crippen LogP contribution in [0.25, 0.3) is 0 Å². The zero-order valence-electron chi connectivity index (χ0n) is 10.8. The fraction of sp³-hybridized carbons (Fsp3) is 0.500. The molecule has 0 bridgehead atoms. The molecule has 1 amide bonds. The molecular formula is C14H21N3O. The van der Waals surface area contributed by atoms with Crippen molar-refractivity contribution < 1.29 is 4.79 Å². The molecule has 1 aliphatic carbocycles. The topological polar surface area (TPSA) is 72.4 Å². The first-order valence-corrected chi connectivity index (χ1v) is 6.54. The van der Waals surface area contributed by atoms with Crippen molar-refractivity contribution in [2.45, 2.75) is 44.8 Å². The van der Waals surface area contributed by atoms with E-state index in [1.165, 1.54) is 0 Å². The fourth-order valence-corrected chi connectivity index (χ4v) is 2.34. The lowest BCUT2D eigenvalue weighted by molar-refractivity contribution is -0.119. The molecule has 18 heavy (non-hydrogen) atoms. The van der Waals surface area contributed by atoms with Crippen LogP contribution < -0.4 is 16.4 Å². The third-order valence-electron chi connectivity index (χ3n) is 3.46. The Balaban J connectivity index is 2.25. The van der Waals surface area contributed by atoms with Crippen molar-refractivity contribution in [2.24, 2.45) is 11.5 Å². The highest BCUT2D eigenvalue weighted by Gasteiger charge is 2.35. The quantitative estimate of drug-likeness (QED) is 0.797. The number of primary amides is 1. The van der Waals surface area contributed by atoms with E-state index in [1.807, 2.05) is 31.2 Å². The molecule has 0 spiro atoms. The zero-order valence-corrected chi connectivity index (χ0v) is 10.8. The highest BCUT2D eigenvalue weighted by Crippen LogP contribution is 2.34. The number of rotatable bonds is 6. The number of hydrogen-bond donors (Lipinski definition) is 2. The lowest BCUT2D eigenvalue weighted by Crippen LogP contribution is -2.45. The van der Waals surface area contributed by atoms with Crippen molar-refractivity contribution >= 4 is 11.6 Å². The van der Waals surface area contributed by atoms with E-state index in [-0.39, 0.29) is 11.9 Å². The number of nitrogens with two attached hydrogens (primary N) is 2. The second kappa shape index (κ2) is 5.40. The van der Waals surface area contributed by atoms with Gasteiger partial charge in [-0.15, -0.1) is 0 Å². The maximum Gasteiger partial charge on any atom is 0.240 e. The number of anilines is 1. The third kappa shape index (κ3) is 2.64. The lowest BCUT2D eigenvalue weighted by Gasteiger charge is -2.31. The van der Waals surface area contributed by atoms with Crippen LogP contribution >= 0.6 is 0 Å². The van der Waals surface area contributed by atoms with Gasteiger partial charge in [0.05, 0.1) is 0 Å². The van der Waals surface area contributed by atoms with Crippen LogP contribution in [0, 0.1) is 0 Å². The van der Waals surface area contributed by atoms with Crippen molar-refractivity contribution in [3.05, 3.63) is 29.8 Å². The lowest BCUT2D eigenvalue weighted by atomic mass is 10.1. The van der Waals surface area contributed by atoms with Crippen LogP contribution in [0.2, 0.25) is 0 Å². The molecule has 1 aromatic carbocycles. The van der Waals surface area contributed by atoms with E-state index in [0.717, 1.165) is 30.5 Å². The summed E-state index contributed by atoms with van der Waals surface area (Å²) in [4.78, 5) is 13.7. The van der Waals surface area contributed by atoms with Crippen molar-refractivity contribution in [1.29, 1.82) is 0 Å². The van der Waals surface area contributed by atoms with Crippen LogP contribution in [-0.4, -0.2) is 18.0 Å². The van der Waals surface area contributed by atoms with E-state index < -0.39 is 0 Å². The number of carbonyl (C=O) groups is 1. The van der Waals surface area contributed by atoms with Crippen molar-refractivity contribution in [3.63, 3.8) is 0 Å². The molecule has 98 valence electrons. The summed E-state index contributed by atoms with van der Waals surface area (Å²) >= 11 is 0. The van der Waals surface area contributed by atoms with E-state index >= 15 is 0 Å². The second-order valence-electron chi connectivity index (χ2n) is 4.84. The molecule has 1 fully saturated rings. The maximum absolute atomic E-state index is 11.6. The molecule has 0 aliphatic heterocycles. The molecule has 4 nitrogen and oxygen atoms in total. The first-order chi connectivity index (χ1) is 8.67. The van der Waals surface area contributed by atoms with Crippen molar-refractivity contribution in [1.82, 2.24) is 0 Å². The van der Waals surface area contributed by atoms with Gasteiger partial charge in [-0.2, -0.15) is 0 Å². The van der Waals surface area contributed by atoms with E-state index in [2.05, 4.69) is 4.90 Å². The zero-order chi connectivity index (χ0) is 13.1. The van der Waals surface area contributed by atoms with Gasteiger partial charge in [-0.25, -0.2) is 0 Å². The van der Waals surface area contributed by atoms with Gasteiger partial charge < -0.3 is 16.4 Å². The van der Waals surface area contributed by atoms with Gasteiger partial charge in [0.2, 0.25) is 5.91 Å². The van der Waals surface area contributed by atoms with E-state index in [4.69, 9.17) is 11.5 Å². The summed E-state index contributed by atoms with van der Waals surface area (Å²) < 4.78 is 0. The van der Waals surface area contributed by atoms with Crippen LogP contribution in [0.4, 0.5) is 5.69 Å². The minimum absolute atomic E-state index is 0.207. The molecule has 1 atom stereocenters. The van der Waals surface area contributed by atoms with Crippen LogP contribution in [-0.2, 0) is 11.3 Å². The fourth-order valence-electron chi connectivity index (χ4n) is 2.34. The SMILES string of the molecule is CCC(C(N)=O)N(c1ccc(CN)cc1)C1CC1. The van der Waals surface area contributed by atoms with E-state index in [0.29, 0.717) is 12.6 Å². The Labute approximate surface area is 108 Å². The average Bonchev–Trinajstić information content (AvgIpc) is 3.19. The summed E-state index contributed by atoms with van der Waals surface area (Å²) in [7, 11) is 0. The number of carbonyl (C=O) groups excluding carboxylic acids is 1. The Morgan fingerprint density at radius 3 is 2.39 bits per heavy atom. The van der Waals surface area contributed by atoms with Gasteiger partial charge in [-0.1, -0.05) is 19.1 Å². The van der Waals surface area contributed by atoms with Crippen LogP contribution in [0.5, 0.6) is 0 Å². The van der Waals surface area contributed by atoms with Gasteiger partial charge >= 0.3 is 0 Å². The van der Waals surface area contributed by atoms with Gasteiger partial charge in [0.25, 0.3) is 0 Å². The molecule has 4 heteroatoms. The molecule has 1 saturated carbocycles. The van der Waals surface area contributed by atoms with E-state index in [9.17, 15) is 4.79 Å². The molecule has 0 heterocycles. The Kier molecular flexibility index (Phi) is 3.87. The molecule has 0 saturated heterocycles. The Morgan fingerprint density at radius 2 is 2.00 bits per heavy atom. The highest BCUT2D eigenvalue weighted by molar-refractivity contribution is 5.84. The van der Waals surface area contributed by atoms with Crippen LogP contribution in [0.3, 0.4) is 0 Å². The van der Waals surface area contributed by atoms with Crippen LogP contribution in [0.15, 0.2) is 24.3 Å². The van der Waals surface area contributed by atoms with Gasteiger partial charge in [0.1, 0.15) is 6.04 Å². The summed E-state index contributed by atoms with van der Waals surface area (Å²) in [5.74, 6) is -0.243. The molecule has 4 N–H and O–H groups in total. The average molecular weight is 247 g/mol. The summed E-state index contributed by atoms with van der Waals surface area (Å²) in [5.41, 5.74) is 13.3. The molecule has 2 rings (SSSR count). The van der Waals surface area contributed by atoms with Gasteiger partial charge in [-0.3, -0.25) is 4.79 Å². The summed E-state index contributed by atoms with van der Waals surface area (Å²) in [5, 5.41) is 0. The highest BCUT2D eigenvalue weighted by atomic mass is 16.1. The number of amides is 1. The van der Waals surface area contributed by atoms with Gasteiger partial charge in [0.15, 0.2) is 0 Å². The summed E-state index contributed by atoms with van der Waals surface area (Å²) in [6, 6.07) is 8.35. The smallest absolute Gasteiger partial charge is 0.240 e. The van der Waals surface area contributed by atoms with E-state index in [1.54, 1.807) is 0 Å². The standard InChI is InChI=1S/C14H21N3O/c1-2-13(14(16)18)17(12-7-8-12)11-5-3-10(9-15)4-6-11/h3-6,12-13H,2,7-9,15H2,1H3,(H2,16,18). The van der Waals surface area contributed by atoms with Crippen LogP contribution in [0.1, 0.15) is 31.7 Å². The molecule has 0 radical (unpaired) electrons. The monoisotopic (exact) mass is 247 g/mol.